The number of benzene rings is 2. The van der Waals surface area contributed by atoms with E-state index >= 15 is 0 Å². The van der Waals surface area contributed by atoms with Gasteiger partial charge in [0.05, 0.1) is 6.61 Å². The second-order valence-electron chi connectivity index (χ2n) is 8.69. The van der Waals surface area contributed by atoms with E-state index in [1.54, 1.807) is 43.5 Å². The van der Waals surface area contributed by atoms with Crippen LogP contribution in [-0.4, -0.2) is 51.4 Å². The van der Waals surface area contributed by atoms with Gasteiger partial charge in [-0.25, -0.2) is 19.7 Å². The van der Waals surface area contributed by atoms with E-state index in [1.165, 1.54) is 18.6 Å². The van der Waals surface area contributed by atoms with Crippen LogP contribution in [0, 0.1) is 5.41 Å². The van der Waals surface area contributed by atoms with E-state index < -0.39 is 18.6 Å². The number of rotatable bonds is 10. The second kappa shape index (κ2) is 13.6. The zero-order valence-electron chi connectivity index (χ0n) is 22.0. The summed E-state index contributed by atoms with van der Waals surface area (Å²) in [7, 11) is 1.83. The second-order valence-corrected chi connectivity index (χ2v) is 8.69. The molecular weight excluding hydrogens is 627 g/mol. The Morgan fingerprint density at radius 1 is 1.10 bits per heavy atom. The summed E-state index contributed by atoms with van der Waals surface area (Å²) < 4.78 is 12.4. The number of ether oxygens (including phenoxy) is 2. The number of ketones is 1. The average molecular weight is 656 g/mol. The van der Waals surface area contributed by atoms with Crippen LogP contribution in [0.1, 0.15) is 34.8 Å². The summed E-state index contributed by atoms with van der Waals surface area (Å²) in [6.45, 7) is 1.44. The number of nitrogens with zero attached hydrogens (tertiary/aromatic N) is 4. The van der Waals surface area contributed by atoms with E-state index in [0.717, 1.165) is 16.0 Å². The van der Waals surface area contributed by atoms with Crippen molar-refractivity contribution in [2.75, 3.05) is 18.1 Å². The minimum atomic E-state index is -0.834. The van der Waals surface area contributed by atoms with E-state index in [1.807, 2.05) is 23.7 Å². The van der Waals surface area contributed by atoms with Gasteiger partial charge in [-0.3, -0.25) is 15.0 Å². The molecule has 11 nitrogen and oxygen atoms in total. The average Bonchev–Trinajstić information content (AvgIpc) is 3.26. The Labute approximate surface area is 247 Å². The molecule has 4 rings (SSSR count). The van der Waals surface area contributed by atoms with Crippen molar-refractivity contribution < 1.29 is 23.9 Å². The maximum atomic E-state index is 13.2. The topological polar surface area (TPSA) is 153 Å². The van der Waals surface area contributed by atoms with Crippen molar-refractivity contribution in [1.82, 2.24) is 14.5 Å². The molecule has 3 N–H and O–H groups in total. The number of aryl methyl sites for hydroxylation is 2. The van der Waals surface area contributed by atoms with Crippen molar-refractivity contribution in [3.8, 4) is 5.75 Å². The van der Waals surface area contributed by atoms with Crippen LogP contribution in [-0.2, 0) is 23.0 Å². The molecule has 0 spiro atoms. The molecule has 0 bridgehead atoms. The van der Waals surface area contributed by atoms with Crippen LogP contribution >= 0.6 is 24.0 Å². The van der Waals surface area contributed by atoms with Gasteiger partial charge < -0.3 is 19.8 Å². The highest BCUT2D eigenvalue weighted by Crippen LogP contribution is 2.27. The number of anilines is 1. The van der Waals surface area contributed by atoms with Crippen molar-refractivity contribution in [2.24, 2.45) is 12.8 Å². The molecule has 0 radical (unpaired) electrons. The lowest BCUT2D eigenvalue weighted by Crippen LogP contribution is -2.39. The summed E-state index contributed by atoms with van der Waals surface area (Å²) in [5, 5.41) is 8.14. The molecule has 12 heteroatoms. The highest BCUT2D eigenvalue weighted by Gasteiger charge is 2.24. The summed E-state index contributed by atoms with van der Waals surface area (Å²) in [4.78, 5) is 47.3. The first-order chi connectivity index (χ1) is 18.8. The largest absolute Gasteiger partial charge is 0.465 e. The number of nitrogens with two attached hydrogens (primary N) is 1. The van der Waals surface area contributed by atoms with Crippen molar-refractivity contribution in [2.45, 2.75) is 19.8 Å². The van der Waals surface area contributed by atoms with Gasteiger partial charge in [0.25, 0.3) is 0 Å². The molecule has 0 aliphatic carbocycles. The monoisotopic (exact) mass is 656 g/mol. The minimum absolute atomic E-state index is 0. The van der Waals surface area contributed by atoms with Gasteiger partial charge in [0.1, 0.15) is 30.3 Å². The number of nitrogen functional groups attached to an aromatic ring is 1. The number of nitrogens with one attached hydrogen (secondary N) is 1. The first-order valence-electron chi connectivity index (χ1n) is 12.2. The Bertz CT molecular complexity index is 1520. The number of esters is 1. The van der Waals surface area contributed by atoms with Crippen LogP contribution in [0.3, 0.4) is 0 Å². The molecule has 0 unspecified atom stereocenters. The van der Waals surface area contributed by atoms with Crippen LogP contribution < -0.4 is 15.4 Å². The predicted molar refractivity (Wildman–Crippen MR) is 160 cm³/mol. The molecule has 2 aromatic heterocycles. The van der Waals surface area contributed by atoms with Crippen molar-refractivity contribution in [1.29, 1.82) is 5.41 Å². The highest BCUT2D eigenvalue weighted by molar-refractivity contribution is 14.0. The van der Waals surface area contributed by atoms with Crippen LogP contribution in [0.15, 0.2) is 67.3 Å². The van der Waals surface area contributed by atoms with Crippen LogP contribution in [0.25, 0.3) is 10.9 Å². The van der Waals surface area contributed by atoms with Crippen molar-refractivity contribution in [3.63, 3.8) is 0 Å². The number of amidine groups is 1. The SMILES string of the molecule is CCOC(=O)CN(C(=O)Oc1ccc2c(c1)c(C(=O)CCc1ccc(C(=N)N)cc1)cn2C)c1ccncn1.I. The molecule has 0 saturated heterocycles. The molecule has 2 heterocycles. The number of halogens is 1. The Hall–Kier alpha value is -4.33. The van der Waals surface area contributed by atoms with E-state index in [0.29, 0.717) is 22.9 Å². The van der Waals surface area contributed by atoms with Gasteiger partial charge in [-0.1, -0.05) is 24.3 Å². The highest BCUT2D eigenvalue weighted by atomic mass is 127. The molecular formula is C28H29IN6O5. The zero-order chi connectivity index (χ0) is 27.9. The van der Waals surface area contributed by atoms with E-state index in [2.05, 4.69) is 9.97 Å². The first kappa shape index (κ1) is 30.2. The smallest absolute Gasteiger partial charge is 0.421 e. The van der Waals surface area contributed by atoms with Crippen LogP contribution in [0.4, 0.5) is 10.6 Å². The summed E-state index contributed by atoms with van der Waals surface area (Å²) >= 11 is 0. The number of amides is 1. The number of carbonyl (C=O) groups excluding carboxylic acids is 3. The molecule has 0 aliphatic heterocycles. The summed E-state index contributed by atoms with van der Waals surface area (Å²) in [6.07, 6.45) is 4.41. The molecule has 2 aromatic carbocycles. The summed E-state index contributed by atoms with van der Waals surface area (Å²) in [6, 6.07) is 13.7. The van der Waals surface area contributed by atoms with Gasteiger partial charge in [-0.2, -0.15) is 0 Å². The number of hydrogen-bond donors (Lipinski definition) is 2. The first-order valence-corrected chi connectivity index (χ1v) is 12.2. The van der Waals surface area contributed by atoms with Gasteiger partial charge in [0.2, 0.25) is 0 Å². The number of Topliss-reactive ketones (excluding diaryl/α,β-unsaturated/α-hetero) is 1. The van der Waals surface area contributed by atoms with E-state index in [4.69, 9.17) is 20.6 Å². The Morgan fingerprint density at radius 2 is 1.85 bits per heavy atom. The van der Waals surface area contributed by atoms with Crippen molar-refractivity contribution in [3.05, 3.63) is 83.9 Å². The Morgan fingerprint density at radius 3 is 2.50 bits per heavy atom. The normalized spacial score (nSPS) is 10.4. The number of carbonyl (C=O) groups is 3. The molecule has 0 saturated carbocycles. The number of hydrogen-bond acceptors (Lipinski definition) is 8. The van der Waals surface area contributed by atoms with E-state index in [9.17, 15) is 14.4 Å². The fourth-order valence-corrected chi connectivity index (χ4v) is 4.07. The standard InChI is InChI=1S/C28H28N6O5.HI/c1-3-38-26(36)16-34(25-12-13-31-17-32-25)28(37)39-20-9-10-23-21(14-20)22(15-33(23)2)24(35)11-6-18-4-7-19(8-5-18)27(29)30;/h4-5,7-10,12-15,17H,3,6,11,16H2,1-2H3,(H3,29,30);1H. The maximum Gasteiger partial charge on any atom is 0.421 e. The lowest BCUT2D eigenvalue weighted by atomic mass is 10.0. The fourth-order valence-electron chi connectivity index (χ4n) is 4.07. The zero-order valence-corrected chi connectivity index (χ0v) is 24.3. The predicted octanol–water partition coefficient (Wildman–Crippen LogP) is 4.25. The number of aromatic nitrogens is 3. The van der Waals surface area contributed by atoms with Crippen molar-refractivity contribution >= 4 is 64.4 Å². The molecule has 208 valence electrons. The molecule has 0 atom stereocenters. The molecule has 0 fully saturated rings. The fraction of sp³-hybridized carbons (Fsp3) is 0.214. The van der Waals surface area contributed by atoms with Crippen LogP contribution in [0.5, 0.6) is 5.75 Å². The Balaban J connectivity index is 0.00000441. The Kier molecular flexibility index (Phi) is 10.3. The van der Waals surface area contributed by atoms with Gasteiger partial charge in [-0.15, -0.1) is 24.0 Å². The lowest BCUT2D eigenvalue weighted by molar-refractivity contribution is -0.141. The maximum absolute atomic E-state index is 13.2. The third-order valence-electron chi connectivity index (χ3n) is 6.03. The summed E-state index contributed by atoms with van der Waals surface area (Å²) in [5.74, 6) is -0.308. The van der Waals surface area contributed by atoms with Gasteiger partial charge >= 0.3 is 12.1 Å². The lowest BCUT2D eigenvalue weighted by Gasteiger charge is -2.20. The third kappa shape index (κ3) is 7.20. The molecule has 1 amide bonds. The molecule has 0 aliphatic rings. The summed E-state index contributed by atoms with van der Waals surface area (Å²) in [5.41, 5.74) is 8.38. The minimum Gasteiger partial charge on any atom is -0.465 e. The molecule has 40 heavy (non-hydrogen) atoms. The van der Waals surface area contributed by atoms with E-state index in [-0.39, 0.29) is 60.2 Å². The van der Waals surface area contributed by atoms with Gasteiger partial charge in [0.15, 0.2) is 5.78 Å². The van der Waals surface area contributed by atoms with Gasteiger partial charge in [-0.05, 0) is 43.2 Å². The van der Waals surface area contributed by atoms with Crippen LogP contribution in [0.2, 0.25) is 0 Å². The molecule has 4 aromatic rings. The third-order valence-corrected chi connectivity index (χ3v) is 6.03. The number of fused-ring (bicyclic) bond motifs is 1. The quantitative estimate of drug-likeness (QED) is 0.0845. The van der Waals surface area contributed by atoms with Gasteiger partial charge in [0, 0.05) is 47.9 Å².